The number of nitrogens with zero attached hydrogens (tertiary/aromatic N) is 1. The minimum atomic E-state index is 0.730. The van der Waals surface area contributed by atoms with E-state index in [0.717, 1.165) is 46.7 Å². The van der Waals surface area contributed by atoms with E-state index in [-0.39, 0.29) is 0 Å². The molecule has 0 radical (unpaired) electrons. The molecule has 3 aromatic rings. The second kappa shape index (κ2) is 6.65. The predicted octanol–water partition coefficient (Wildman–Crippen LogP) is 3.46. The van der Waals surface area contributed by atoms with Crippen LogP contribution in [-0.4, -0.2) is 28.4 Å². The monoisotopic (exact) mass is 366 g/mol. The fourth-order valence-corrected chi connectivity index (χ4v) is 4.02. The second-order valence-electron chi connectivity index (χ2n) is 6.69. The summed E-state index contributed by atoms with van der Waals surface area (Å²) in [5, 5.41) is 1.11. The van der Waals surface area contributed by atoms with E-state index in [2.05, 4.69) is 29.8 Å². The van der Waals surface area contributed by atoms with Crippen LogP contribution in [0.25, 0.3) is 22.0 Å². The number of hydrogen-bond acceptors (Lipinski definition) is 4. The first-order chi connectivity index (χ1) is 13.1. The summed E-state index contributed by atoms with van der Waals surface area (Å²) in [5.41, 5.74) is 6.12. The Morgan fingerprint density at radius 1 is 0.667 bits per heavy atom. The summed E-state index contributed by atoms with van der Waals surface area (Å²) in [4.78, 5) is 0. The van der Waals surface area contributed by atoms with E-state index < -0.39 is 0 Å². The maximum absolute atomic E-state index is 5.53. The molecule has 0 saturated carbocycles. The van der Waals surface area contributed by atoms with Gasteiger partial charge in [-0.25, -0.2) is 0 Å². The highest BCUT2D eigenvalue weighted by Gasteiger charge is 2.27. The van der Waals surface area contributed by atoms with Gasteiger partial charge in [0, 0.05) is 6.42 Å². The molecule has 0 unspecified atom stereocenters. The fourth-order valence-electron chi connectivity index (χ4n) is 4.02. The maximum atomic E-state index is 5.53. The lowest BCUT2D eigenvalue weighted by atomic mass is 9.87. The molecule has 5 nitrogen and oxygen atoms in total. The van der Waals surface area contributed by atoms with Crippen molar-refractivity contribution in [3.63, 3.8) is 0 Å². The number of fused-ring (bicyclic) bond motifs is 4. The van der Waals surface area contributed by atoms with E-state index >= 15 is 0 Å². The Morgan fingerprint density at radius 2 is 1.26 bits per heavy atom. The van der Waals surface area contributed by atoms with Crippen LogP contribution in [0.2, 0.25) is 0 Å². The quantitative estimate of drug-likeness (QED) is 0.663. The predicted molar refractivity (Wildman–Crippen MR) is 104 cm³/mol. The van der Waals surface area contributed by atoms with Crippen molar-refractivity contribution in [2.24, 2.45) is 7.05 Å². The number of pyridine rings is 1. The summed E-state index contributed by atoms with van der Waals surface area (Å²) >= 11 is 0. The van der Waals surface area contributed by atoms with Crippen LogP contribution in [0.5, 0.6) is 23.0 Å². The third-order valence-corrected chi connectivity index (χ3v) is 5.44. The van der Waals surface area contributed by atoms with Gasteiger partial charge in [0.15, 0.2) is 28.7 Å². The van der Waals surface area contributed by atoms with Crippen molar-refractivity contribution in [2.45, 2.75) is 12.8 Å². The Morgan fingerprint density at radius 3 is 1.93 bits per heavy atom. The van der Waals surface area contributed by atoms with Gasteiger partial charge in [0.2, 0.25) is 5.52 Å². The van der Waals surface area contributed by atoms with Gasteiger partial charge in [0.1, 0.15) is 7.05 Å². The van der Waals surface area contributed by atoms with Gasteiger partial charge in [-0.3, -0.25) is 0 Å². The van der Waals surface area contributed by atoms with Crippen LogP contribution in [0.4, 0.5) is 0 Å². The van der Waals surface area contributed by atoms with Crippen molar-refractivity contribution in [2.75, 3.05) is 28.4 Å². The van der Waals surface area contributed by atoms with Gasteiger partial charge in [-0.2, -0.15) is 4.57 Å². The van der Waals surface area contributed by atoms with Gasteiger partial charge >= 0.3 is 0 Å². The lowest BCUT2D eigenvalue weighted by molar-refractivity contribution is -0.652. The summed E-state index contributed by atoms with van der Waals surface area (Å²) < 4.78 is 24.2. The molecule has 27 heavy (non-hydrogen) atoms. The van der Waals surface area contributed by atoms with Gasteiger partial charge in [0.25, 0.3) is 0 Å². The van der Waals surface area contributed by atoms with Crippen molar-refractivity contribution in [1.82, 2.24) is 0 Å². The molecule has 0 atom stereocenters. The average molecular weight is 366 g/mol. The third kappa shape index (κ3) is 2.65. The summed E-state index contributed by atoms with van der Waals surface area (Å²) in [6, 6.07) is 10.5. The van der Waals surface area contributed by atoms with E-state index in [1.54, 1.807) is 28.4 Å². The maximum Gasteiger partial charge on any atom is 0.216 e. The van der Waals surface area contributed by atoms with Gasteiger partial charge in [-0.1, -0.05) is 0 Å². The van der Waals surface area contributed by atoms with Gasteiger partial charge in [-0.05, 0) is 41.8 Å². The number of benzene rings is 2. The number of hydrogen-bond donors (Lipinski definition) is 0. The number of ether oxygens (including phenoxy) is 4. The molecular weight excluding hydrogens is 342 g/mol. The summed E-state index contributed by atoms with van der Waals surface area (Å²) in [7, 11) is 8.78. The lowest BCUT2D eigenvalue weighted by Crippen LogP contribution is -2.36. The van der Waals surface area contributed by atoms with Crippen LogP contribution < -0.4 is 23.5 Å². The number of methoxy groups -OCH3 is 4. The van der Waals surface area contributed by atoms with Crippen molar-refractivity contribution >= 4 is 10.9 Å². The minimum Gasteiger partial charge on any atom is -0.493 e. The summed E-state index contributed by atoms with van der Waals surface area (Å²) in [5.74, 6) is 2.99. The van der Waals surface area contributed by atoms with Crippen molar-refractivity contribution < 1.29 is 23.5 Å². The van der Waals surface area contributed by atoms with Crippen LogP contribution >= 0.6 is 0 Å². The summed E-state index contributed by atoms with van der Waals surface area (Å²) in [6.07, 6.45) is 1.94. The highest BCUT2D eigenvalue weighted by molar-refractivity contribution is 5.87. The molecule has 0 bridgehead atoms. The summed E-state index contributed by atoms with van der Waals surface area (Å²) in [6.45, 7) is 0. The molecule has 0 N–H and O–H groups in total. The first-order valence-corrected chi connectivity index (χ1v) is 8.94. The first-order valence-electron chi connectivity index (χ1n) is 8.94. The highest BCUT2D eigenvalue weighted by atomic mass is 16.5. The Balaban J connectivity index is 2.00. The van der Waals surface area contributed by atoms with Gasteiger partial charge in [-0.15, -0.1) is 0 Å². The SMILES string of the molecule is COc1cc2c(cc1OC)-c1cc3cc(OC)c(OC)cc3[n+](C)c1CC2. The Kier molecular flexibility index (Phi) is 4.30. The molecule has 0 spiro atoms. The lowest BCUT2D eigenvalue weighted by Gasteiger charge is -2.21. The van der Waals surface area contributed by atoms with Crippen LogP contribution in [0.1, 0.15) is 11.3 Å². The topological polar surface area (TPSA) is 40.8 Å². The van der Waals surface area contributed by atoms with Gasteiger partial charge in [0.05, 0.1) is 45.5 Å². The zero-order valence-electron chi connectivity index (χ0n) is 16.4. The smallest absolute Gasteiger partial charge is 0.216 e. The molecule has 2 aromatic carbocycles. The largest absolute Gasteiger partial charge is 0.493 e. The van der Waals surface area contributed by atoms with E-state index in [1.165, 1.54) is 22.4 Å². The van der Waals surface area contributed by atoms with Crippen LogP contribution in [0, 0.1) is 0 Å². The molecule has 1 aromatic heterocycles. The van der Waals surface area contributed by atoms with Crippen molar-refractivity contribution in [3.05, 3.63) is 41.6 Å². The molecule has 0 aliphatic heterocycles. The van der Waals surface area contributed by atoms with E-state index in [4.69, 9.17) is 18.9 Å². The zero-order valence-corrected chi connectivity index (χ0v) is 16.4. The fraction of sp³-hybridized carbons (Fsp3) is 0.318. The van der Waals surface area contributed by atoms with Crippen LogP contribution in [-0.2, 0) is 19.9 Å². The molecular formula is C22H24NO4+. The van der Waals surface area contributed by atoms with E-state index in [1.807, 2.05) is 12.1 Å². The molecule has 1 heterocycles. The Hall–Kier alpha value is -2.95. The van der Waals surface area contributed by atoms with E-state index in [0.29, 0.717) is 0 Å². The minimum absolute atomic E-state index is 0.730. The number of aromatic nitrogens is 1. The van der Waals surface area contributed by atoms with Crippen molar-refractivity contribution in [1.29, 1.82) is 0 Å². The molecule has 1 aliphatic carbocycles. The zero-order chi connectivity index (χ0) is 19.1. The molecule has 0 fully saturated rings. The molecule has 140 valence electrons. The second-order valence-corrected chi connectivity index (χ2v) is 6.69. The highest BCUT2D eigenvalue weighted by Crippen LogP contribution is 2.41. The van der Waals surface area contributed by atoms with Crippen LogP contribution in [0.3, 0.4) is 0 Å². The standard InChI is InChI=1S/C22H24NO4/c1-23-17-7-6-13-9-19(24-2)21(26-4)11-15(13)16(17)8-14-10-20(25-3)22(27-5)12-18(14)23/h8-12H,6-7H2,1-5H3/q+1. The molecule has 5 heteroatoms. The van der Waals surface area contributed by atoms with Crippen LogP contribution in [0.15, 0.2) is 30.3 Å². The molecule has 1 aliphatic rings. The molecule has 0 amide bonds. The van der Waals surface area contributed by atoms with Crippen molar-refractivity contribution in [3.8, 4) is 34.1 Å². The van der Waals surface area contributed by atoms with Gasteiger partial charge < -0.3 is 18.9 Å². The number of rotatable bonds is 4. The number of aryl methyl sites for hydroxylation is 2. The Bertz CT molecular complexity index is 1040. The normalized spacial score (nSPS) is 12.3. The molecule has 4 rings (SSSR count). The van der Waals surface area contributed by atoms with E-state index in [9.17, 15) is 0 Å². The molecule has 0 saturated heterocycles. The Labute approximate surface area is 159 Å². The average Bonchev–Trinajstić information content (AvgIpc) is 2.71. The first kappa shape index (κ1) is 17.5. The third-order valence-electron chi connectivity index (χ3n) is 5.44.